The van der Waals surface area contributed by atoms with Crippen LogP contribution in [0.15, 0.2) is 18.3 Å². The van der Waals surface area contributed by atoms with Gasteiger partial charge in [0.25, 0.3) is 0 Å². The van der Waals surface area contributed by atoms with Gasteiger partial charge in [-0.3, -0.25) is 4.79 Å². The highest BCUT2D eigenvalue weighted by Gasteiger charge is 2.26. The molecule has 1 atom stereocenters. The highest BCUT2D eigenvalue weighted by Crippen LogP contribution is 2.21. The molecule has 1 aromatic heterocycles. The van der Waals surface area contributed by atoms with E-state index in [1.54, 1.807) is 6.92 Å². The molecule has 2 heterocycles. The fraction of sp³-hybridized carbons (Fsp3) is 0.667. The Labute approximate surface area is 151 Å². The lowest BCUT2D eigenvalue weighted by Gasteiger charge is -2.31. The Morgan fingerprint density at radius 3 is 2.62 bits per heavy atom. The van der Waals surface area contributed by atoms with Gasteiger partial charge in [0.15, 0.2) is 0 Å². The van der Waals surface area contributed by atoms with Crippen LogP contribution in [0.25, 0.3) is 0 Å². The minimum absolute atomic E-state index is 0. The number of amides is 1. The predicted octanol–water partition coefficient (Wildman–Crippen LogP) is 2.87. The minimum atomic E-state index is -0.799. The van der Waals surface area contributed by atoms with Crippen molar-refractivity contribution < 1.29 is 4.79 Å². The Morgan fingerprint density at radius 2 is 2.08 bits per heavy atom. The van der Waals surface area contributed by atoms with Crippen LogP contribution in [0, 0.1) is 5.92 Å². The molecule has 0 aromatic carbocycles. The molecular weight excluding hydrogens is 324 g/mol. The highest BCUT2D eigenvalue weighted by atomic mass is 35.5. The van der Waals surface area contributed by atoms with Gasteiger partial charge in [-0.05, 0) is 43.7 Å². The molecule has 24 heavy (non-hydrogen) atoms. The lowest BCUT2D eigenvalue weighted by Crippen LogP contribution is -2.51. The first-order valence-electron chi connectivity index (χ1n) is 8.69. The number of halogens is 1. The molecule has 136 valence electrons. The predicted molar refractivity (Wildman–Crippen MR) is 101 cm³/mol. The quantitative estimate of drug-likeness (QED) is 0.824. The summed E-state index contributed by atoms with van der Waals surface area (Å²) in [5.74, 6) is 1.74. The molecule has 1 unspecified atom stereocenters. The number of hydrogen-bond acceptors (Lipinski definition) is 4. The summed E-state index contributed by atoms with van der Waals surface area (Å²) in [5.41, 5.74) is 6.23. The number of piperidine rings is 1. The van der Waals surface area contributed by atoms with Crippen LogP contribution in [0.1, 0.15) is 52.0 Å². The second-order valence-electron chi connectivity index (χ2n) is 7.04. The molecule has 1 fully saturated rings. The van der Waals surface area contributed by atoms with Crippen molar-refractivity contribution in [2.24, 2.45) is 11.7 Å². The third kappa shape index (κ3) is 5.64. The maximum Gasteiger partial charge on any atom is 0.240 e. The van der Waals surface area contributed by atoms with Crippen molar-refractivity contribution in [3.8, 4) is 0 Å². The Bertz CT molecular complexity index is 510. The zero-order valence-corrected chi connectivity index (χ0v) is 15.9. The molecule has 1 aliphatic heterocycles. The molecule has 3 N–H and O–H groups in total. The van der Waals surface area contributed by atoms with E-state index in [0.29, 0.717) is 13.0 Å². The molecule has 1 aromatic rings. The van der Waals surface area contributed by atoms with E-state index in [1.165, 1.54) is 12.8 Å². The van der Waals surface area contributed by atoms with Gasteiger partial charge in [-0.2, -0.15) is 0 Å². The molecule has 5 nitrogen and oxygen atoms in total. The number of carbonyl (C=O) groups is 1. The van der Waals surface area contributed by atoms with Crippen LogP contribution in [0.3, 0.4) is 0 Å². The molecule has 6 heteroatoms. The van der Waals surface area contributed by atoms with Crippen LogP contribution in [-0.4, -0.2) is 29.5 Å². The van der Waals surface area contributed by atoms with E-state index in [9.17, 15) is 4.79 Å². The normalized spacial score (nSPS) is 17.8. The van der Waals surface area contributed by atoms with Gasteiger partial charge in [-0.25, -0.2) is 4.98 Å². The van der Waals surface area contributed by atoms with Crippen LogP contribution in [-0.2, 0) is 11.3 Å². The van der Waals surface area contributed by atoms with Gasteiger partial charge < -0.3 is 16.0 Å². The average molecular weight is 355 g/mol. The molecule has 1 saturated heterocycles. The molecular formula is C18H31ClN4O. The number of nitrogens with two attached hydrogens (primary N) is 1. The summed E-state index contributed by atoms with van der Waals surface area (Å²) in [6.45, 7) is 8.74. The second-order valence-corrected chi connectivity index (χ2v) is 7.04. The summed E-state index contributed by atoms with van der Waals surface area (Å²) in [6, 6.07) is 4.08. The molecule has 0 radical (unpaired) electrons. The van der Waals surface area contributed by atoms with Gasteiger partial charge in [-0.1, -0.05) is 26.3 Å². The lowest BCUT2D eigenvalue weighted by molar-refractivity contribution is -0.126. The van der Waals surface area contributed by atoms with E-state index < -0.39 is 5.54 Å². The molecule has 2 rings (SSSR count). The summed E-state index contributed by atoms with van der Waals surface area (Å²) in [7, 11) is 0. The summed E-state index contributed by atoms with van der Waals surface area (Å²) in [6.07, 6.45) is 5.88. The van der Waals surface area contributed by atoms with Gasteiger partial charge in [0.05, 0.1) is 5.54 Å². The zero-order valence-electron chi connectivity index (χ0n) is 15.0. The van der Waals surface area contributed by atoms with E-state index in [1.807, 2.05) is 25.3 Å². The van der Waals surface area contributed by atoms with E-state index in [2.05, 4.69) is 22.1 Å². The smallest absolute Gasteiger partial charge is 0.240 e. The molecule has 0 saturated carbocycles. The van der Waals surface area contributed by atoms with E-state index >= 15 is 0 Å². The van der Waals surface area contributed by atoms with Gasteiger partial charge in [-0.15, -0.1) is 12.4 Å². The molecule has 1 aliphatic rings. The van der Waals surface area contributed by atoms with E-state index in [0.717, 1.165) is 36.8 Å². The topological polar surface area (TPSA) is 71.2 Å². The summed E-state index contributed by atoms with van der Waals surface area (Å²) in [4.78, 5) is 19.0. The molecule has 0 spiro atoms. The Balaban J connectivity index is 0.00000288. The number of carbonyl (C=O) groups excluding carboxylic acids is 1. The number of hydrogen-bond donors (Lipinski definition) is 2. The van der Waals surface area contributed by atoms with Crippen LogP contribution in [0.4, 0.5) is 5.82 Å². The number of anilines is 1. The van der Waals surface area contributed by atoms with Crippen molar-refractivity contribution in [1.29, 1.82) is 0 Å². The van der Waals surface area contributed by atoms with Crippen LogP contribution < -0.4 is 16.0 Å². The van der Waals surface area contributed by atoms with Crippen molar-refractivity contribution >= 4 is 24.1 Å². The summed E-state index contributed by atoms with van der Waals surface area (Å²) < 4.78 is 0. The third-order valence-electron chi connectivity index (χ3n) is 4.66. The van der Waals surface area contributed by atoms with Crippen LogP contribution in [0.2, 0.25) is 0 Å². The van der Waals surface area contributed by atoms with Crippen molar-refractivity contribution in [3.05, 3.63) is 23.9 Å². The highest BCUT2D eigenvalue weighted by molar-refractivity contribution is 5.85. The van der Waals surface area contributed by atoms with E-state index in [4.69, 9.17) is 5.73 Å². The first kappa shape index (κ1) is 20.7. The standard InChI is InChI=1S/C18H30N4O.ClH/c1-4-9-18(3,19)17(23)21-13-15-5-6-16(20-12-15)22-10-7-14(2)8-11-22;/h5-6,12,14H,4,7-11,13,19H2,1-3H3,(H,21,23);1H. The molecule has 0 bridgehead atoms. The monoisotopic (exact) mass is 354 g/mol. The third-order valence-corrected chi connectivity index (χ3v) is 4.66. The van der Waals surface area contributed by atoms with Gasteiger partial charge >= 0.3 is 0 Å². The fourth-order valence-electron chi connectivity index (χ4n) is 2.96. The fourth-order valence-corrected chi connectivity index (χ4v) is 2.96. The average Bonchev–Trinajstić information content (AvgIpc) is 2.54. The largest absolute Gasteiger partial charge is 0.357 e. The number of nitrogens with zero attached hydrogens (tertiary/aromatic N) is 2. The molecule has 1 amide bonds. The SMILES string of the molecule is CCCC(C)(N)C(=O)NCc1ccc(N2CCC(C)CC2)nc1.Cl. The minimum Gasteiger partial charge on any atom is -0.357 e. The van der Waals surface area contributed by atoms with E-state index in [-0.39, 0.29) is 18.3 Å². The maximum atomic E-state index is 12.1. The molecule has 0 aliphatic carbocycles. The summed E-state index contributed by atoms with van der Waals surface area (Å²) >= 11 is 0. The first-order chi connectivity index (χ1) is 10.9. The second kappa shape index (κ2) is 9.23. The van der Waals surface area contributed by atoms with Gasteiger partial charge in [0.1, 0.15) is 5.82 Å². The van der Waals surface area contributed by atoms with Crippen molar-refractivity contribution in [2.75, 3.05) is 18.0 Å². The van der Waals surface area contributed by atoms with Crippen molar-refractivity contribution in [2.45, 2.75) is 58.5 Å². The van der Waals surface area contributed by atoms with Gasteiger partial charge in [0, 0.05) is 25.8 Å². The maximum absolute atomic E-state index is 12.1. The van der Waals surface area contributed by atoms with Crippen LogP contribution >= 0.6 is 12.4 Å². The van der Waals surface area contributed by atoms with Crippen LogP contribution in [0.5, 0.6) is 0 Å². The number of rotatable bonds is 6. The Hall–Kier alpha value is -1.33. The van der Waals surface area contributed by atoms with Crippen molar-refractivity contribution in [3.63, 3.8) is 0 Å². The zero-order chi connectivity index (χ0) is 16.9. The van der Waals surface area contributed by atoms with Gasteiger partial charge in [0.2, 0.25) is 5.91 Å². The number of pyridine rings is 1. The summed E-state index contributed by atoms with van der Waals surface area (Å²) in [5, 5.41) is 2.91. The Morgan fingerprint density at radius 1 is 1.42 bits per heavy atom. The number of nitrogens with one attached hydrogen (secondary N) is 1. The van der Waals surface area contributed by atoms with Crippen molar-refractivity contribution in [1.82, 2.24) is 10.3 Å². The lowest BCUT2D eigenvalue weighted by atomic mass is 9.96. The Kier molecular flexibility index (Phi) is 7.97. The first-order valence-corrected chi connectivity index (χ1v) is 8.69. The number of aromatic nitrogens is 1.